The van der Waals surface area contributed by atoms with Gasteiger partial charge in [0, 0.05) is 30.0 Å². The first-order valence-corrected chi connectivity index (χ1v) is 7.44. The van der Waals surface area contributed by atoms with Gasteiger partial charge in [-0.3, -0.25) is 4.79 Å². The zero-order valence-electron chi connectivity index (χ0n) is 11.4. The second-order valence-corrected chi connectivity index (χ2v) is 5.72. The summed E-state index contributed by atoms with van der Waals surface area (Å²) in [6.45, 7) is 2.76. The van der Waals surface area contributed by atoms with Crippen molar-refractivity contribution in [3.63, 3.8) is 0 Å². The van der Waals surface area contributed by atoms with Gasteiger partial charge in [-0.2, -0.15) is 0 Å². The predicted molar refractivity (Wildman–Crippen MR) is 77.8 cm³/mol. The molecule has 1 aliphatic heterocycles. The average molecular weight is 327 g/mol. The summed E-state index contributed by atoms with van der Waals surface area (Å²) >= 11 is 3.49. The van der Waals surface area contributed by atoms with Gasteiger partial charge in [0.25, 0.3) is 0 Å². The van der Waals surface area contributed by atoms with E-state index in [1.54, 1.807) is 7.11 Å². The molecule has 0 N–H and O–H groups in total. The van der Waals surface area contributed by atoms with Gasteiger partial charge in [0.2, 0.25) is 0 Å². The van der Waals surface area contributed by atoms with E-state index in [1.165, 1.54) is 5.56 Å². The largest absolute Gasteiger partial charge is 0.493 e. The summed E-state index contributed by atoms with van der Waals surface area (Å²) < 4.78 is 11.9. The summed E-state index contributed by atoms with van der Waals surface area (Å²) in [7, 11) is 1.60. The van der Waals surface area contributed by atoms with Crippen molar-refractivity contribution in [1.29, 1.82) is 0 Å². The number of Topliss-reactive ketones (excluding diaryl/α,β-unsaturated/α-hetero) is 1. The molecule has 0 radical (unpaired) electrons. The number of hydrogen-bond acceptors (Lipinski definition) is 3. The molecule has 3 nitrogen and oxygen atoms in total. The van der Waals surface area contributed by atoms with Crippen molar-refractivity contribution in [3.8, 4) is 5.75 Å². The number of rotatable bonds is 6. The quantitative estimate of drug-likeness (QED) is 0.804. The summed E-state index contributed by atoms with van der Waals surface area (Å²) in [4.78, 5) is 12.2. The molecule has 1 aromatic rings. The second kappa shape index (κ2) is 6.53. The molecule has 19 heavy (non-hydrogen) atoms. The number of ketones is 1. The topological polar surface area (TPSA) is 35.5 Å². The lowest BCUT2D eigenvalue weighted by Crippen LogP contribution is -2.24. The SMILES string of the molecule is CCCC(OC)C(=O)Cc1cc(Br)cc2c1OCC2. The molecule has 1 aliphatic rings. The Morgan fingerprint density at radius 2 is 2.32 bits per heavy atom. The van der Waals surface area contributed by atoms with E-state index in [1.807, 2.05) is 6.07 Å². The van der Waals surface area contributed by atoms with Crippen molar-refractivity contribution in [3.05, 3.63) is 27.7 Å². The van der Waals surface area contributed by atoms with Crippen LogP contribution in [0.25, 0.3) is 0 Å². The molecular formula is C15H19BrO3. The standard InChI is InChI=1S/C15H19BrO3/c1-3-4-14(18-2)13(17)9-11-8-12(16)7-10-5-6-19-15(10)11/h7-8,14H,3-6,9H2,1-2H3. The lowest BCUT2D eigenvalue weighted by atomic mass is 9.99. The van der Waals surface area contributed by atoms with Gasteiger partial charge < -0.3 is 9.47 Å². The van der Waals surface area contributed by atoms with Gasteiger partial charge in [-0.1, -0.05) is 29.3 Å². The maximum atomic E-state index is 12.2. The van der Waals surface area contributed by atoms with Gasteiger partial charge in [0.1, 0.15) is 11.9 Å². The summed E-state index contributed by atoms with van der Waals surface area (Å²) in [5, 5.41) is 0. The van der Waals surface area contributed by atoms with E-state index in [0.29, 0.717) is 13.0 Å². The van der Waals surface area contributed by atoms with E-state index in [4.69, 9.17) is 9.47 Å². The molecule has 1 aromatic carbocycles. The Labute approximate surface area is 122 Å². The first-order valence-electron chi connectivity index (χ1n) is 6.65. The van der Waals surface area contributed by atoms with Crippen LogP contribution in [0.1, 0.15) is 30.9 Å². The summed E-state index contributed by atoms with van der Waals surface area (Å²) in [5.41, 5.74) is 2.15. The highest BCUT2D eigenvalue weighted by atomic mass is 79.9. The molecule has 0 aliphatic carbocycles. The Hall–Kier alpha value is -0.870. The fourth-order valence-corrected chi connectivity index (χ4v) is 3.00. The molecule has 0 spiro atoms. The number of fused-ring (bicyclic) bond motifs is 1. The monoisotopic (exact) mass is 326 g/mol. The molecule has 104 valence electrons. The second-order valence-electron chi connectivity index (χ2n) is 4.81. The van der Waals surface area contributed by atoms with Crippen LogP contribution in [0.5, 0.6) is 5.75 Å². The number of halogens is 1. The van der Waals surface area contributed by atoms with Crippen molar-refractivity contribution in [1.82, 2.24) is 0 Å². The maximum Gasteiger partial charge on any atom is 0.166 e. The Bertz CT molecular complexity index is 471. The predicted octanol–water partition coefficient (Wildman–Crippen LogP) is 3.31. The smallest absolute Gasteiger partial charge is 0.166 e. The van der Waals surface area contributed by atoms with Crippen molar-refractivity contribution in [2.75, 3.05) is 13.7 Å². The molecule has 0 bridgehead atoms. The van der Waals surface area contributed by atoms with Crippen LogP contribution in [0, 0.1) is 0 Å². The minimum atomic E-state index is -0.305. The van der Waals surface area contributed by atoms with Gasteiger partial charge in [-0.05, 0) is 24.1 Å². The van der Waals surface area contributed by atoms with E-state index < -0.39 is 0 Å². The Morgan fingerprint density at radius 3 is 3.00 bits per heavy atom. The number of hydrogen-bond donors (Lipinski definition) is 0. The van der Waals surface area contributed by atoms with E-state index in [-0.39, 0.29) is 11.9 Å². The first kappa shape index (κ1) is 14.5. The number of carbonyl (C=O) groups excluding carboxylic acids is 1. The van der Waals surface area contributed by atoms with Crippen molar-refractivity contribution < 1.29 is 14.3 Å². The van der Waals surface area contributed by atoms with Gasteiger partial charge in [-0.25, -0.2) is 0 Å². The molecular weight excluding hydrogens is 308 g/mol. The molecule has 0 fully saturated rings. The third kappa shape index (κ3) is 3.37. The van der Waals surface area contributed by atoms with Crippen LogP contribution in [0.15, 0.2) is 16.6 Å². The van der Waals surface area contributed by atoms with Crippen LogP contribution >= 0.6 is 15.9 Å². The van der Waals surface area contributed by atoms with E-state index >= 15 is 0 Å². The zero-order chi connectivity index (χ0) is 13.8. The van der Waals surface area contributed by atoms with Crippen LogP contribution in [0.3, 0.4) is 0 Å². The lowest BCUT2D eigenvalue weighted by Gasteiger charge is -2.14. The fraction of sp³-hybridized carbons (Fsp3) is 0.533. The minimum absolute atomic E-state index is 0.125. The maximum absolute atomic E-state index is 12.2. The zero-order valence-corrected chi connectivity index (χ0v) is 13.0. The third-order valence-corrected chi connectivity index (χ3v) is 3.84. The minimum Gasteiger partial charge on any atom is -0.493 e. The molecule has 0 aromatic heterocycles. The number of benzene rings is 1. The van der Waals surface area contributed by atoms with Crippen molar-refractivity contribution in [2.45, 2.75) is 38.7 Å². The molecule has 1 unspecified atom stereocenters. The van der Waals surface area contributed by atoms with Gasteiger partial charge in [-0.15, -0.1) is 0 Å². The Morgan fingerprint density at radius 1 is 1.53 bits per heavy atom. The van der Waals surface area contributed by atoms with Crippen molar-refractivity contribution in [2.24, 2.45) is 0 Å². The van der Waals surface area contributed by atoms with E-state index in [9.17, 15) is 4.79 Å². The Kier molecular flexibility index (Phi) is 4.99. The highest BCUT2D eigenvalue weighted by Crippen LogP contribution is 2.33. The summed E-state index contributed by atoms with van der Waals surface area (Å²) in [6.07, 6.45) is 2.70. The van der Waals surface area contributed by atoms with Crippen LogP contribution < -0.4 is 4.74 Å². The molecule has 4 heteroatoms. The number of methoxy groups -OCH3 is 1. The lowest BCUT2D eigenvalue weighted by molar-refractivity contribution is -0.128. The van der Waals surface area contributed by atoms with Crippen molar-refractivity contribution >= 4 is 21.7 Å². The highest BCUT2D eigenvalue weighted by molar-refractivity contribution is 9.10. The highest BCUT2D eigenvalue weighted by Gasteiger charge is 2.22. The van der Waals surface area contributed by atoms with E-state index in [0.717, 1.165) is 35.0 Å². The van der Waals surface area contributed by atoms with E-state index in [2.05, 4.69) is 28.9 Å². The molecule has 1 atom stereocenters. The van der Waals surface area contributed by atoms with Crippen LogP contribution in [0.2, 0.25) is 0 Å². The molecule has 0 saturated heterocycles. The summed E-state index contributed by atoms with van der Waals surface area (Å²) in [6, 6.07) is 4.04. The normalized spacial score (nSPS) is 14.9. The summed E-state index contributed by atoms with van der Waals surface area (Å²) in [5.74, 6) is 1.02. The van der Waals surface area contributed by atoms with Crippen LogP contribution in [0.4, 0.5) is 0 Å². The van der Waals surface area contributed by atoms with Crippen LogP contribution in [-0.4, -0.2) is 25.6 Å². The fourth-order valence-electron chi connectivity index (χ4n) is 2.45. The van der Waals surface area contributed by atoms with Gasteiger partial charge >= 0.3 is 0 Å². The average Bonchev–Trinajstić information content (AvgIpc) is 2.83. The Balaban J connectivity index is 2.17. The first-order chi connectivity index (χ1) is 9.15. The number of carbonyl (C=O) groups is 1. The molecule has 2 rings (SSSR count). The van der Waals surface area contributed by atoms with Gasteiger partial charge in [0.15, 0.2) is 5.78 Å². The number of ether oxygens (including phenoxy) is 2. The molecule has 1 heterocycles. The van der Waals surface area contributed by atoms with Gasteiger partial charge in [0.05, 0.1) is 6.61 Å². The molecule has 0 saturated carbocycles. The molecule has 0 amide bonds. The third-order valence-electron chi connectivity index (χ3n) is 3.38. The van der Waals surface area contributed by atoms with Crippen LogP contribution in [-0.2, 0) is 22.4 Å².